The fraction of sp³-hybridized carbons (Fsp3) is 0.350. The third-order valence-corrected chi connectivity index (χ3v) is 4.44. The van der Waals surface area contributed by atoms with E-state index in [4.69, 9.17) is 21.9 Å². The van der Waals surface area contributed by atoms with Crippen LogP contribution in [0.5, 0.6) is 5.75 Å². The van der Waals surface area contributed by atoms with Crippen LogP contribution in [0.1, 0.15) is 25.8 Å². The second-order valence-corrected chi connectivity index (χ2v) is 6.40. The summed E-state index contributed by atoms with van der Waals surface area (Å²) in [5, 5.41) is 2.88. The van der Waals surface area contributed by atoms with E-state index in [0.29, 0.717) is 34.7 Å². The van der Waals surface area contributed by atoms with Crippen molar-refractivity contribution >= 4 is 23.5 Å². The van der Waals surface area contributed by atoms with E-state index in [9.17, 15) is 4.79 Å². The number of benzene rings is 1. The Morgan fingerprint density at radius 1 is 1.39 bits per heavy atom. The molecular weight excluding hydrogens is 356 g/mol. The molecule has 1 aromatic rings. The van der Waals surface area contributed by atoms with Crippen molar-refractivity contribution in [2.24, 2.45) is 21.5 Å². The molecule has 1 rings (SSSR count). The quantitative estimate of drug-likeness (QED) is 0.375. The van der Waals surface area contributed by atoms with Gasteiger partial charge in [-0.15, -0.1) is 0 Å². The summed E-state index contributed by atoms with van der Waals surface area (Å²) in [7, 11) is 3.17. The molecule has 0 radical (unpaired) electrons. The lowest BCUT2D eigenvalue weighted by molar-refractivity contribution is -0.116. The van der Waals surface area contributed by atoms with Crippen molar-refractivity contribution in [3.8, 4) is 5.75 Å². The molecular formula is C20H30N6O2. The first-order valence-electron chi connectivity index (χ1n) is 8.82. The van der Waals surface area contributed by atoms with Crippen molar-refractivity contribution < 1.29 is 9.53 Å². The molecule has 0 saturated carbocycles. The maximum Gasteiger partial charge on any atom is 0.270 e. The third kappa shape index (κ3) is 5.60. The normalized spacial score (nSPS) is 14.6. The fourth-order valence-corrected chi connectivity index (χ4v) is 2.34. The number of hydrogen-bond acceptors (Lipinski definition) is 7. The number of ether oxygens (including phenoxy) is 1. The van der Waals surface area contributed by atoms with Gasteiger partial charge in [-0.1, -0.05) is 13.5 Å². The molecule has 8 heteroatoms. The first kappa shape index (κ1) is 22.8. The van der Waals surface area contributed by atoms with Crippen molar-refractivity contribution in [3.05, 3.63) is 47.8 Å². The highest BCUT2D eigenvalue weighted by Crippen LogP contribution is 2.22. The van der Waals surface area contributed by atoms with Gasteiger partial charge in [0.2, 0.25) is 0 Å². The lowest BCUT2D eigenvalue weighted by Gasteiger charge is -2.30. The van der Waals surface area contributed by atoms with Gasteiger partial charge in [-0.2, -0.15) is 0 Å². The highest BCUT2D eigenvalue weighted by molar-refractivity contribution is 6.46. The molecule has 0 aliphatic rings. The highest BCUT2D eigenvalue weighted by Gasteiger charge is 2.29. The van der Waals surface area contributed by atoms with Gasteiger partial charge in [0.1, 0.15) is 18.1 Å². The van der Waals surface area contributed by atoms with Crippen molar-refractivity contribution in [3.63, 3.8) is 0 Å². The summed E-state index contributed by atoms with van der Waals surface area (Å²) in [6.07, 6.45) is 3.61. The lowest BCUT2D eigenvalue weighted by Crippen LogP contribution is -2.51. The predicted octanol–water partition coefficient (Wildman–Crippen LogP) is 1.37. The molecule has 1 unspecified atom stereocenters. The van der Waals surface area contributed by atoms with Gasteiger partial charge in [0, 0.05) is 49.0 Å². The molecule has 0 spiro atoms. The minimum atomic E-state index is -0.754. The van der Waals surface area contributed by atoms with E-state index in [-0.39, 0.29) is 12.3 Å². The number of nitrogens with two attached hydrogens (primary N) is 3. The van der Waals surface area contributed by atoms with Gasteiger partial charge in [0.15, 0.2) is 0 Å². The molecule has 0 saturated heterocycles. The Labute approximate surface area is 166 Å². The Balaban J connectivity index is 3.12. The van der Waals surface area contributed by atoms with Crippen LogP contribution < -0.4 is 27.3 Å². The fourth-order valence-electron chi connectivity index (χ4n) is 2.34. The predicted molar refractivity (Wildman–Crippen MR) is 116 cm³/mol. The molecule has 0 aliphatic heterocycles. The number of rotatable bonds is 9. The topological polar surface area (TPSA) is 141 Å². The molecule has 7 N–H and O–H groups in total. The molecule has 0 bridgehead atoms. The van der Waals surface area contributed by atoms with Crippen molar-refractivity contribution in [2.75, 3.05) is 26.4 Å². The monoisotopic (exact) mass is 386 g/mol. The SMILES string of the molecule is C=C(N)C(C)(CC)NC(=O)C(=NC)c1cc(OC/C(C=NC)=C/N)ccc1N. The molecule has 1 atom stereocenters. The van der Waals surface area contributed by atoms with E-state index < -0.39 is 11.4 Å². The van der Waals surface area contributed by atoms with Crippen LogP contribution in [-0.4, -0.2) is 44.1 Å². The van der Waals surface area contributed by atoms with Gasteiger partial charge in [-0.3, -0.25) is 14.8 Å². The van der Waals surface area contributed by atoms with E-state index in [1.165, 1.54) is 13.2 Å². The molecule has 152 valence electrons. The van der Waals surface area contributed by atoms with Crippen LogP contribution in [0, 0.1) is 0 Å². The summed E-state index contributed by atoms with van der Waals surface area (Å²) in [4.78, 5) is 20.9. The maximum absolute atomic E-state index is 12.8. The molecule has 28 heavy (non-hydrogen) atoms. The summed E-state index contributed by atoms with van der Waals surface area (Å²) in [5.41, 5.74) is 18.8. The summed E-state index contributed by atoms with van der Waals surface area (Å²) in [5.74, 6) is 0.117. The first-order chi connectivity index (χ1) is 13.2. The minimum Gasteiger partial charge on any atom is -0.489 e. The number of anilines is 1. The van der Waals surface area contributed by atoms with Crippen LogP contribution in [0.3, 0.4) is 0 Å². The average Bonchev–Trinajstić information content (AvgIpc) is 2.67. The summed E-state index contributed by atoms with van der Waals surface area (Å²) < 4.78 is 5.73. The van der Waals surface area contributed by atoms with Crippen LogP contribution in [0.2, 0.25) is 0 Å². The first-order valence-corrected chi connectivity index (χ1v) is 8.82. The van der Waals surface area contributed by atoms with E-state index in [1.807, 2.05) is 6.92 Å². The van der Waals surface area contributed by atoms with Gasteiger partial charge in [-0.05, 0) is 31.5 Å². The Kier molecular flexibility index (Phi) is 8.25. The van der Waals surface area contributed by atoms with Crippen LogP contribution in [0.25, 0.3) is 0 Å². The second kappa shape index (κ2) is 10.1. The van der Waals surface area contributed by atoms with Gasteiger partial charge in [-0.25, -0.2) is 0 Å². The average molecular weight is 387 g/mol. The number of nitrogens with one attached hydrogen (secondary N) is 1. The number of carbonyl (C=O) groups is 1. The Morgan fingerprint density at radius 2 is 2.07 bits per heavy atom. The Bertz CT molecular complexity index is 813. The maximum atomic E-state index is 12.8. The van der Waals surface area contributed by atoms with Crippen molar-refractivity contribution in [1.29, 1.82) is 0 Å². The second-order valence-electron chi connectivity index (χ2n) is 6.40. The molecule has 8 nitrogen and oxygen atoms in total. The van der Waals surface area contributed by atoms with E-state index in [0.717, 1.165) is 0 Å². The molecule has 1 aromatic carbocycles. The summed E-state index contributed by atoms with van der Waals surface area (Å²) in [6.45, 7) is 7.70. The van der Waals surface area contributed by atoms with E-state index >= 15 is 0 Å². The molecule has 0 aromatic heterocycles. The van der Waals surface area contributed by atoms with Crippen LogP contribution >= 0.6 is 0 Å². The Morgan fingerprint density at radius 3 is 2.57 bits per heavy atom. The largest absolute Gasteiger partial charge is 0.489 e. The number of amides is 1. The summed E-state index contributed by atoms with van der Waals surface area (Å²) in [6, 6.07) is 5.03. The van der Waals surface area contributed by atoms with Crippen LogP contribution in [-0.2, 0) is 4.79 Å². The number of carbonyl (C=O) groups excluding carboxylic acids is 1. The molecule has 0 heterocycles. The zero-order chi connectivity index (χ0) is 21.3. The van der Waals surface area contributed by atoms with Gasteiger partial charge < -0.3 is 27.3 Å². The number of nitrogen functional groups attached to an aromatic ring is 1. The van der Waals surface area contributed by atoms with Crippen LogP contribution in [0.4, 0.5) is 5.69 Å². The minimum absolute atomic E-state index is 0.175. The summed E-state index contributed by atoms with van der Waals surface area (Å²) >= 11 is 0. The number of aliphatic imine (C=N–C) groups is 2. The number of nitrogens with zero attached hydrogens (tertiary/aromatic N) is 2. The lowest BCUT2D eigenvalue weighted by atomic mass is 9.94. The Hall–Kier alpha value is -3.29. The van der Waals surface area contributed by atoms with Gasteiger partial charge in [0.25, 0.3) is 5.91 Å². The third-order valence-electron chi connectivity index (χ3n) is 4.44. The van der Waals surface area contributed by atoms with Crippen molar-refractivity contribution in [1.82, 2.24) is 5.32 Å². The smallest absolute Gasteiger partial charge is 0.270 e. The number of hydrogen-bond donors (Lipinski definition) is 4. The van der Waals surface area contributed by atoms with E-state index in [2.05, 4.69) is 21.9 Å². The van der Waals surface area contributed by atoms with Gasteiger partial charge in [0.05, 0.1) is 5.54 Å². The van der Waals surface area contributed by atoms with E-state index in [1.54, 1.807) is 38.4 Å². The standard InChI is InChI=1S/C20H30N6O2/c1-6-20(3,13(2)22)26-19(27)18(25-5)16-9-15(7-8-17(16)23)28-12-14(10-21)11-24-4/h7-11H,2,6,12,21-23H2,1,3-5H3,(H,26,27)/b14-10+,24-11?,25-18?. The van der Waals surface area contributed by atoms with Crippen molar-refractivity contribution in [2.45, 2.75) is 25.8 Å². The molecule has 1 amide bonds. The zero-order valence-electron chi connectivity index (χ0n) is 17.0. The van der Waals surface area contributed by atoms with Gasteiger partial charge >= 0.3 is 0 Å². The molecule has 0 aliphatic carbocycles. The zero-order valence-corrected chi connectivity index (χ0v) is 17.0. The van der Waals surface area contributed by atoms with Crippen LogP contribution in [0.15, 0.2) is 52.2 Å². The molecule has 0 fully saturated rings. The highest BCUT2D eigenvalue weighted by atomic mass is 16.5.